The molecule has 32 heavy (non-hydrogen) atoms. The van der Waals surface area contributed by atoms with E-state index in [0.29, 0.717) is 24.4 Å². The maximum absolute atomic E-state index is 12.5. The van der Waals surface area contributed by atoms with Gasteiger partial charge >= 0.3 is 5.97 Å². The predicted octanol–water partition coefficient (Wildman–Crippen LogP) is 1.92. The molecule has 0 bridgehead atoms. The second kappa shape index (κ2) is 9.99. The number of aryl methyl sites for hydroxylation is 1. The average Bonchev–Trinajstić information content (AvgIpc) is 3.33. The molecular formula is C21H26N2O7S2. The van der Waals surface area contributed by atoms with Gasteiger partial charge in [0.25, 0.3) is 0 Å². The molecule has 1 aliphatic rings. The number of hydrogen-bond donors (Lipinski definition) is 1. The summed E-state index contributed by atoms with van der Waals surface area (Å²) in [7, 11) is -6.12. The third kappa shape index (κ3) is 5.47. The first-order chi connectivity index (χ1) is 15.1. The van der Waals surface area contributed by atoms with Gasteiger partial charge in [-0.05, 0) is 61.7 Å². The minimum absolute atomic E-state index is 0.0163. The molecule has 0 spiro atoms. The van der Waals surface area contributed by atoms with Gasteiger partial charge in [0.2, 0.25) is 20.0 Å². The fourth-order valence-electron chi connectivity index (χ4n) is 3.31. The van der Waals surface area contributed by atoms with Crippen LogP contribution in [0.4, 0.5) is 0 Å². The molecule has 0 unspecified atom stereocenters. The Morgan fingerprint density at radius 1 is 1.00 bits per heavy atom. The number of ether oxygens (including phenoxy) is 2. The Morgan fingerprint density at radius 3 is 2.25 bits per heavy atom. The fraction of sp³-hybridized carbons (Fsp3) is 0.381. The second-order valence-corrected chi connectivity index (χ2v) is 11.0. The lowest BCUT2D eigenvalue weighted by atomic mass is 10.1. The molecule has 9 nitrogen and oxygen atoms in total. The van der Waals surface area contributed by atoms with Crippen molar-refractivity contribution in [3.05, 3.63) is 53.6 Å². The van der Waals surface area contributed by atoms with E-state index in [-0.39, 0.29) is 28.5 Å². The lowest BCUT2D eigenvalue weighted by Gasteiger charge is -2.15. The third-order valence-electron chi connectivity index (χ3n) is 5.11. The number of sulfonamides is 2. The summed E-state index contributed by atoms with van der Waals surface area (Å²) in [6, 6.07) is 10.3. The van der Waals surface area contributed by atoms with E-state index in [1.54, 1.807) is 19.1 Å². The third-order valence-corrected chi connectivity index (χ3v) is 8.49. The van der Waals surface area contributed by atoms with Crippen molar-refractivity contribution in [1.29, 1.82) is 0 Å². The molecule has 0 saturated carbocycles. The van der Waals surface area contributed by atoms with Crippen LogP contribution in [0.25, 0.3) is 0 Å². The summed E-state index contributed by atoms with van der Waals surface area (Å²) in [6.45, 7) is 2.77. The van der Waals surface area contributed by atoms with Crippen molar-refractivity contribution in [3.63, 3.8) is 0 Å². The summed E-state index contributed by atoms with van der Waals surface area (Å²) in [4.78, 5) is 11.9. The van der Waals surface area contributed by atoms with Crippen LogP contribution in [0.3, 0.4) is 0 Å². The number of nitrogens with zero attached hydrogens (tertiary/aromatic N) is 1. The lowest BCUT2D eigenvalue weighted by Crippen LogP contribution is -2.28. The van der Waals surface area contributed by atoms with Crippen molar-refractivity contribution in [2.24, 2.45) is 0 Å². The van der Waals surface area contributed by atoms with Gasteiger partial charge in [0.15, 0.2) is 0 Å². The van der Waals surface area contributed by atoms with E-state index in [2.05, 4.69) is 9.46 Å². The van der Waals surface area contributed by atoms with Gasteiger partial charge in [-0.3, -0.25) is 0 Å². The van der Waals surface area contributed by atoms with E-state index in [1.807, 2.05) is 0 Å². The summed E-state index contributed by atoms with van der Waals surface area (Å²) in [6.07, 6.45) is 1.73. The van der Waals surface area contributed by atoms with Crippen LogP contribution in [0.5, 0.6) is 5.75 Å². The van der Waals surface area contributed by atoms with Crippen LogP contribution in [-0.4, -0.2) is 60.5 Å². The zero-order chi connectivity index (χ0) is 23.4. The van der Waals surface area contributed by atoms with Gasteiger partial charge < -0.3 is 9.47 Å². The van der Waals surface area contributed by atoms with Crippen molar-refractivity contribution in [1.82, 2.24) is 9.03 Å². The quantitative estimate of drug-likeness (QED) is 0.428. The molecule has 174 valence electrons. The van der Waals surface area contributed by atoms with Crippen molar-refractivity contribution >= 4 is 26.0 Å². The molecule has 1 aliphatic heterocycles. The minimum atomic E-state index is -3.85. The number of nitrogens with one attached hydrogen (secondary N) is 1. The first-order valence-electron chi connectivity index (χ1n) is 10.1. The van der Waals surface area contributed by atoms with E-state index in [9.17, 15) is 21.6 Å². The minimum Gasteiger partial charge on any atom is -0.492 e. The molecule has 0 aromatic heterocycles. The number of rotatable bonds is 9. The second-order valence-electron chi connectivity index (χ2n) is 7.30. The molecule has 2 aromatic rings. The Kier molecular flexibility index (Phi) is 7.55. The molecule has 0 radical (unpaired) electrons. The summed E-state index contributed by atoms with van der Waals surface area (Å²) >= 11 is 0. The van der Waals surface area contributed by atoms with Gasteiger partial charge in [-0.1, -0.05) is 6.07 Å². The monoisotopic (exact) mass is 482 g/mol. The smallest absolute Gasteiger partial charge is 0.338 e. The predicted molar refractivity (Wildman–Crippen MR) is 118 cm³/mol. The Hall–Kier alpha value is -2.47. The number of carbonyl (C=O) groups is 1. The summed E-state index contributed by atoms with van der Waals surface area (Å²) in [5.74, 6) is -0.189. The Morgan fingerprint density at radius 2 is 1.62 bits per heavy atom. The van der Waals surface area contributed by atoms with Gasteiger partial charge in [0.1, 0.15) is 12.4 Å². The molecule has 1 fully saturated rings. The molecule has 0 atom stereocenters. The topological polar surface area (TPSA) is 119 Å². The zero-order valence-corrected chi connectivity index (χ0v) is 19.5. The normalized spacial score (nSPS) is 14.9. The van der Waals surface area contributed by atoms with Crippen LogP contribution >= 0.6 is 0 Å². The maximum Gasteiger partial charge on any atom is 0.338 e. The number of benzene rings is 2. The van der Waals surface area contributed by atoms with Crippen LogP contribution in [0.1, 0.15) is 28.8 Å². The first kappa shape index (κ1) is 24.2. The molecule has 1 saturated heterocycles. The Balaban J connectivity index is 1.56. The Bertz CT molecular complexity index is 1170. The average molecular weight is 483 g/mol. The number of carbonyl (C=O) groups excluding carboxylic acids is 1. The SMILES string of the molecule is COC(=O)c1cc(S(=O)(=O)NCCOc2ccc(S(=O)(=O)N3CCCC3)cc2)ccc1C. The maximum atomic E-state index is 12.5. The van der Waals surface area contributed by atoms with Gasteiger partial charge in [0, 0.05) is 19.6 Å². The van der Waals surface area contributed by atoms with Crippen LogP contribution in [0, 0.1) is 6.92 Å². The molecule has 3 rings (SSSR count). The molecule has 0 amide bonds. The molecular weight excluding hydrogens is 456 g/mol. The highest BCUT2D eigenvalue weighted by molar-refractivity contribution is 7.89. The molecule has 0 aliphatic carbocycles. The van der Waals surface area contributed by atoms with Crippen LogP contribution < -0.4 is 9.46 Å². The molecule has 1 N–H and O–H groups in total. The van der Waals surface area contributed by atoms with Gasteiger partial charge in [-0.15, -0.1) is 0 Å². The first-order valence-corrected chi connectivity index (χ1v) is 13.0. The molecule has 2 aromatic carbocycles. The van der Waals surface area contributed by atoms with Crippen LogP contribution in [-0.2, 0) is 24.8 Å². The Labute approximate surface area is 188 Å². The van der Waals surface area contributed by atoms with Crippen LogP contribution in [0.2, 0.25) is 0 Å². The van der Waals surface area contributed by atoms with Crippen molar-refractivity contribution in [2.75, 3.05) is 33.4 Å². The summed E-state index contributed by atoms with van der Waals surface area (Å²) < 4.78 is 64.2. The van der Waals surface area contributed by atoms with Crippen LogP contribution in [0.15, 0.2) is 52.3 Å². The van der Waals surface area contributed by atoms with E-state index < -0.39 is 26.0 Å². The van der Waals surface area contributed by atoms with Crippen molar-refractivity contribution in [2.45, 2.75) is 29.6 Å². The van der Waals surface area contributed by atoms with E-state index >= 15 is 0 Å². The fourth-order valence-corrected chi connectivity index (χ4v) is 5.87. The highest BCUT2D eigenvalue weighted by Gasteiger charge is 2.27. The summed E-state index contributed by atoms with van der Waals surface area (Å²) in [5.41, 5.74) is 0.782. The highest BCUT2D eigenvalue weighted by Crippen LogP contribution is 2.23. The van der Waals surface area contributed by atoms with Crippen molar-refractivity contribution < 1.29 is 31.1 Å². The lowest BCUT2D eigenvalue weighted by molar-refractivity contribution is 0.0599. The standard InChI is InChI=1S/C21H26N2O7S2/c1-16-5-8-19(15-20(16)21(24)29-2)31(25,26)22-11-14-30-17-6-9-18(10-7-17)32(27,28)23-12-3-4-13-23/h5-10,15,22H,3-4,11-14H2,1-2H3. The van der Waals surface area contributed by atoms with Gasteiger partial charge in [-0.2, -0.15) is 4.31 Å². The van der Waals surface area contributed by atoms with E-state index in [1.165, 1.54) is 41.7 Å². The largest absolute Gasteiger partial charge is 0.492 e. The summed E-state index contributed by atoms with van der Waals surface area (Å²) in [5, 5.41) is 0. The van der Waals surface area contributed by atoms with Gasteiger partial charge in [-0.25, -0.2) is 26.4 Å². The van der Waals surface area contributed by atoms with E-state index in [4.69, 9.17) is 4.74 Å². The highest BCUT2D eigenvalue weighted by atomic mass is 32.2. The number of methoxy groups -OCH3 is 1. The number of esters is 1. The molecule has 1 heterocycles. The van der Waals surface area contributed by atoms with E-state index in [0.717, 1.165) is 12.8 Å². The van der Waals surface area contributed by atoms with Crippen molar-refractivity contribution in [3.8, 4) is 5.75 Å². The number of hydrogen-bond acceptors (Lipinski definition) is 7. The zero-order valence-electron chi connectivity index (χ0n) is 17.9. The molecule has 11 heteroatoms. The van der Waals surface area contributed by atoms with Gasteiger partial charge in [0.05, 0.1) is 22.5 Å².